The van der Waals surface area contributed by atoms with Gasteiger partial charge in [-0.25, -0.2) is 29.9 Å². The summed E-state index contributed by atoms with van der Waals surface area (Å²) in [6.45, 7) is 11.8. The third-order valence-corrected chi connectivity index (χ3v) is 11.4. The van der Waals surface area contributed by atoms with E-state index in [1.165, 1.54) is 12.7 Å². The van der Waals surface area contributed by atoms with Crippen LogP contribution < -0.4 is 16.8 Å². The van der Waals surface area contributed by atoms with Gasteiger partial charge in [0, 0.05) is 24.3 Å². The van der Waals surface area contributed by atoms with Gasteiger partial charge in [-0.3, -0.25) is 9.13 Å². The SMILES string of the molecule is CC1(C)OC2[C@H](n3cnc4c(N)ncnc43)O[C@@]3(C[C@H]3CCl)[C@@H]2O1.CCCNC[C@@H]1C[C@@]12O[C@@H](n1cnc3c(N)ncnc31)C1OC(C)(C)O[C@H]12. The van der Waals surface area contributed by atoms with E-state index in [9.17, 15) is 0 Å². The number of nitrogen functional groups attached to an aromatic ring is 2. The maximum atomic E-state index is 6.59. The van der Waals surface area contributed by atoms with E-state index in [4.69, 9.17) is 51.5 Å². The Morgan fingerprint density at radius 3 is 1.69 bits per heavy atom. The fourth-order valence-electron chi connectivity index (χ4n) is 8.53. The lowest BCUT2D eigenvalue weighted by atomic mass is 10.1. The van der Waals surface area contributed by atoms with Gasteiger partial charge in [-0.1, -0.05) is 6.92 Å². The molecule has 10 atom stereocenters. The number of aromatic nitrogens is 8. The first-order chi connectivity index (χ1) is 24.4. The minimum atomic E-state index is -0.659. The Kier molecular flexibility index (Phi) is 7.63. The molecule has 274 valence electrons. The van der Waals surface area contributed by atoms with Crippen LogP contribution in [-0.4, -0.2) is 105 Å². The van der Waals surface area contributed by atoms with E-state index < -0.39 is 11.6 Å². The van der Waals surface area contributed by atoms with Crippen LogP contribution in [-0.2, 0) is 28.4 Å². The second kappa shape index (κ2) is 11.6. The number of ether oxygens (including phenoxy) is 6. The molecule has 0 bridgehead atoms. The van der Waals surface area contributed by atoms with Crippen LogP contribution in [0.1, 0.15) is 66.3 Å². The molecule has 2 unspecified atom stereocenters. The molecular weight excluding hydrogens is 682 g/mol. The van der Waals surface area contributed by atoms with Gasteiger partial charge in [0.05, 0.1) is 12.7 Å². The monoisotopic (exact) mass is 725 g/mol. The van der Waals surface area contributed by atoms with Crippen molar-refractivity contribution in [3.8, 4) is 0 Å². The van der Waals surface area contributed by atoms with Crippen molar-refractivity contribution in [2.75, 3.05) is 30.4 Å². The second-order valence-corrected chi connectivity index (χ2v) is 15.6. The number of hydrogen-bond acceptors (Lipinski definition) is 15. The van der Waals surface area contributed by atoms with E-state index in [2.05, 4.69) is 42.1 Å². The highest BCUT2D eigenvalue weighted by Gasteiger charge is 2.74. The number of rotatable bonds is 7. The maximum absolute atomic E-state index is 6.59. The number of imidazole rings is 2. The Bertz CT molecular complexity index is 1980. The summed E-state index contributed by atoms with van der Waals surface area (Å²) < 4.78 is 41.6. The molecule has 0 aromatic carbocycles. The molecule has 2 spiro atoms. The zero-order valence-corrected chi connectivity index (χ0v) is 30.0. The standard InChI is InChI=1S/C18H26N6O3.C15H18ClN5O3/c1-4-5-20-7-10-6-18(10)13-12(25-17(2,3)26-13)16(27-18)24-9-23-11-14(19)21-8-22-15(11)24;1-14(2)22-9-10(23-14)15(3-7(15)4-16)24-13(9)21-6-20-8-11(17)18-5-19-12(8)21/h8-10,12-13,16,20H,4-7H2,1-3H3,(H2,19,21,22);5-7,9-10,13H,3-4H2,1-2H3,(H2,17,18,19)/t10-,12?,13+,16+,18+;7-,9?,10+,13+,15+/m00/s1. The molecule has 4 aromatic heterocycles. The van der Waals surface area contributed by atoms with E-state index in [0.717, 1.165) is 32.4 Å². The van der Waals surface area contributed by atoms with Gasteiger partial charge in [-0.2, -0.15) is 0 Å². The predicted molar refractivity (Wildman–Crippen MR) is 183 cm³/mol. The van der Waals surface area contributed by atoms with Crippen molar-refractivity contribution in [1.82, 2.24) is 44.4 Å². The van der Waals surface area contributed by atoms with Crippen LogP contribution in [0.3, 0.4) is 0 Å². The molecule has 2 aliphatic carbocycles. The number of nitrogens with one attached hydrogen (secondary N) is 1. The predicted octanol–water partition coefficient (Wildman–Crippen LogP) is 2.67. The Balaban J connectivity index is 0.000000137. The van der Waals surface area contributed by atoms with E-state index >= 15 is 0 Å². The summed E-state index contributed by atoms with van der Waals surface area (Å²) in [6.07, 6.45) is 7.73. The summed E-state index contributed by atoms with van der Waals surface area (Å²) in [6, 6.07) is 0. The van der Waals surface area contributed by atoms with Crippen molar-refractivity contribution >= 4 is 45.6 Å². The van der Waals surface area contributed by atoms with Crippen LogP contribution in [0.4, 0.5) is 11.6 Å². The lowest BCUT2D eigenvalue weighted by molar-refractivity contribution is -0.203. The van der Waals surface area contributed by atoms with E-state index in [-0.39, 0.29) is 54.0 Å². The molecule has 6 aliphatic rings. The summed E-state index contributed by atoms with van der Waals surface area (Å²) in [5.41, 5.74) is 13.5. The first-order valence-corrected chi connectivity index (χ1v) is 18.1. The van der Waals surface area contributed by atoms with Gasteiger partial charge >= 0.3 is 0 Å². The zero-order chi connectivity index (χ0) is 35.5. The number of halogens is 1. The molecule has 8 heterocycles. The Morgan fingerprint density at radius 1 is 0.725 bits per heavy atom. The van der Waals surface area contributed by atoms with Crippen molar-refractivity contribution in [2.24, 2.45) is 11.8 Å². The van der Waals surface area contributed by atoms with Crippen LogP contribution in [0.2, 0.25) is 0 Å². The van der Waals surface area contributed by atoms with Crippen molar-refractivity contribution < 1.29 is 28.4 Å². The van der Waals surface area contributed by atoms with E-state index in [1.54, 1.807) is 12.7 Å². The number of alkyl halides is 1. The quantitative estimate of drug-likeness (QED) is 0.185. The van der Waals surface area contributed by atoms with Crippen LogP contribution in [0.25, 0.3) is 22.3 Å². The molecule has 17 nitrogen and oxygen atoms in total. The first-order valence-electron chi connectivity index (χ1n) is 17.6. The normalized spacial score (nSPS) is 38.0. The third-order valence-electron chi connectivity index (χ3n) is 11.0. The minimum absolute atomic E-state index is 0.109. The Morgan fingerprint density at radius 2 is 1.22 bits per heavy atom. The highest BCUT2D eigenvalue weighted by Crippen LogP contribution is 2.63. The van der Waals surface area contributed by atoms with Crippen molar-refractivity contribution in [3.05, 3.63) is 25.3 Å². The lowest BCUT2D eigenvalue weighted by Crippen LogP contribution is -2.35. The van der Waals surface area contributed by atoms with Gasteiger partial charge in [0.15, 0.2) is 47.0 Å². The minimum Gasteiger partial charge on any atom is -0.382 e. The summed E-state index contributed by atoms with van der Waals surface area (Å²) in [7, 11) is 0. The van der Waals surface area contributed by atoms with Crippen LogP contribution in [0.5, 0.6) is 0 Å². The molecule has 6 fully saturated rings. The Labute approximate surface area is 299 Å². The highest BCUT2D eigenvalue weighted by molar-refractivity contribution is 6.18. The molecule has 51 heavy (non-hydrogen) atoms. The average Bonchev–Trinajstić information content (AvgIpc) is 3.42. The average molecular weight is 726 g/mol. The summed E-state index contributed by atoms with van der Waals surface area (Å²) in [5.74, 6) is 0.626. The lowest BCUT2D eigenvalue weighted by Gasteiger charge is -2.25. The zero-order valence-electron chi connectivity index (χ0n) is 29.2. The number of fused-ring (bicyclic) bond motifs is 6. The van der Waals surface area contributed by atoms with Gasteiger partial charge in [0.2, 0.25) is 0 Å². The van der Waals surface area contributed by atoms with Gasteiger partial charge in [-0.15, -0.1) is 11.6 Å². The topological polar surface area (TPSA) is 207 Å². The molecule has 0 radical (unpaired) electrons. The first kappa shape index (κ1) is 33.5. The summed E-state index contributed by atoms with van der Waals surface area (Å²) in [4.78, 5) is 25.4. The molecular formula is C33H44ClN11O6. The molecule has 5 N–H and O–H groups in total. The number of hydrogen-bond donors (Lipinski definition) is 3. The van der Waals surface area contributed by atoms with Crippen molar-refractivity contribution in [3.63, 3.8) is 0 Å². The van der Waals surface area contributed by atoms with Crippen LogP contribution in [0, 0.1) is 11.8 Å². The molecule has 0 amide bonds. The number of nitrogens with two attached hydrogens (primary N) is 2. The fraction of sp³-hybridized carbons (Fsp3) is 0.697. The number of anilines is 2. The van der Waals surface area contributed by atoms with Crippen molar-refractivity contribution in [1.29, 1.82) is 0 Å². The van der Waals surface area contributed by atoms with Gasteiger partial charge in [0.1, 0.15) is 59.3 Å². The van der Waals surface area contributed by atoms with Crippen molar-refractivity contribution in [2.45, 2.75) is 114 Å². The van der Waals surface area contributed by atoms with Gasteiger partial charge in [0.25, 0.3) is 0 Å². The van der Waals surface area contributed by atoms with Crippen LogP contribution in [0.15, 0.2) is 25.3 Å². The Hall–Kier alpha value is -3.29. The van der Waals surface area contributed by atoms with Gasteiger partial charge < -0.3 is 45.2 Å². The molecule has 18 heteroatoms. The summed E-state index contributed by atoms with van der Waals surface area (Å²) in [5, 5.41) is 3.50. The van der Waals surface area contributed by atoms with Crippen LogP contribution >= 0.6 is 11.6 Å². The molecule has 4 aliphatic heterocycles. The molecule has 10 rings (SSSR count). The number of nitrogens with zero attached hydrogens (tertiary/aromatic N) is 8. The van der Waals surface area contributed by atoms with Gasteiger partial charge in [-0.05, 0) is 53.5 Å². The fourth-order valence-corrected chi connectivity index (χ4v) is 8.90. The maximum Gasteiger partial charge on any atom is 0.167 e. The molecule has 4 saturated heterocycles. The second-order valence-electron chi connectivity index (χ2n) is 15.3. The van der Waals surface area contributed by atoms with E-state index in [1.807, 2.05) is 36.8 Å². The molecule has 4 aromatic rings. The summed E-state index contributed by atoms with van der Waals surface area (Å²) >= 11 is 6.09. The largest absolute Gasteiger partial charge is 0.382 e. The van der Waals surface area contributed by atoms with E-state index in [0.29, 0.717) is 45.8 Å². The molecule has 2 saturated carbocycles. The third kappa shape index (κ3) is 5.22. The highest BCUT2D eigenvalue weighted by atomic mass is 35.5. The smallest absolute Gasteiger partial charge is 0.167 e.